The molecule has 10 heteroatoms. The highest BCUT2D eigenvalue weighted by atomic mass is 19.4. The number of benzene rings is 1. The first-order chi connectivity index (χ1) is 12.7. The summed E-state index contributed by atoms with van der Waals surface area (Å²) in [5.41, 5.74) is 11.5. The lowest BCUT2D eigenvalue weighted by molar-refractivity contribution is -0.274. The number of anilines is 1. The highest BCUT2D eigenvalue weighted by molar-refractivity contribution is 5.44. The van der Waals surface area contributed by atoms with Gasteiger partial charge in [-0.25, -0.2) is 4.79 Å². The minimum Gasteiger partial charge on any atom is -0.406 e. The Kier molecular flexibility index (Phi) is 5.38. The van der Waals surface area contributed by atoms with E-state index in [9.17, 15) is 18.0 Å². The van der Waals surface area contributed by atoms with Crippen molar-refractivity contribution in [3.05, 3.63) is 46.5 Å². The molecule has 27 heavy (non-hydrogen) atoms. The summed E-state index contributed by atoms with van der Waals surface area (Å²) in [4.78, 5) is 17.8. The Labute approximate surface area is 153 Å². The molecule has 1 aliphatic rings. The second-order valence-electron chi connectivity index (χ2n) is 6.50. The number of alkyl halides is 3. The standard InChI is InChI=1S/C17H20F3N5O2/c18-17(19,20)27-14-8-11(10-24-4-1-12(21)2-5-24)7-13(9-14)25-6-3-15(22)23-16(25)26/h3,6-9,12H,1-2,4-5,10,21H2,(H2,22,23,26). The molecular formula is C17H20F3N5O2. The van der Waals surface area contributed by atoms with Gasteiger partial charge in [-0.15, -0.1) is 13.2 Å². The van der Waals surface area contributed by atoms with Gasteiger partial charge < -0.3 is 16.2 Å². The van der Waals surface area contributed by atoms with Crippen LogP contribution in [0.15, 0.2) is 35.3 Å². The van der Waals surface area contributed by atoms with E-state index < -0.39 is 17.8 Å². The van der Waals surface area contributed by atoms with Gasteiger partial charge in [0.2, 0.25) is 0 Å². The molecule has 0 atom stereocenters. The maximum atomic E-state index is 12.7. The lowest BCUT2D eigenvalue weighted by Gasteiger charge is -2.30. The molecule has 7 nitrogen and oxygen atoms in total. The highest BCUT2D eigenvalue weighted by Crippen LogP contribution is 2.27. The van der Waals surface area contributed by atoms with Crippen molar-refractivity contribution in [2.75, 3.05) is 18.8 Å². The number of halogens is 3. The van der Waals surface area contributed by atoms with Crippen LogP contribution in [0.2, 0.25) is 0 Å². The van der Waals surface area contributed by atoms with Crippen LogP contribution in [-0.4, -0.2) is 39.9 Å². The number of nitrogen functional groups attached to an aromatic ring is 1. The molecule has 0 saturated carbocycles. The summed E-state index contributed by atoms with van der Waals surface area (Å²) < 4.78 is 43.3. The van der Waals surface area contributed by atoms with Crippen LogP contribution in [0.5, 0.6) is 5.75 Å². The van der Waals surface area contributed by atoms with Gasteiger partial charge in [0.15, 0.2) is 0 Å². The van der Waals surface area contributed by atoms with Gasteiger partial charge in [-0.1, -0.05) is 0 Å². The molecule has 2 heterocycles. The first-order valence-electron chi connectivity index (χ1n) is 8.43. The van der Waals surface area contributed by atoms with Crippen molar-refractivity contribution in [2.24, 2.45) is 5.73 Å². The Morgan fingerprint density at radius 1 is 1.22 bits per heavy atom. The van der Waals surface area contributed by atoms with E-state index in [4.69, 9.17) is 11.5 Å². The quantitative estimate of drug-likeness (QED) is 0.833. The van der Waals surface area contributed by atoms with Gasteiger partial charge in [0, 0.05) is 24.8 Å². The molecule has 1 aromatic carbocycles. The molecule has 4 N–H and O–H groups in total. The normalized spacial score (nSPS) is 16.4. The largest absolute Gasteiger partial charge is 0.573 e. The summed E-state index contributed by atoms with van der Waals surface area (Å²) >= 11 is 0. The van der Waals surface area contributed by atoms with E-state index in [0.717, 1.165) is 36.6 Å². The Hall–Kier alpha value is -2.59. The van der Waals surface area contributed by atoms with Crippen LogP contribution in [0.25, 0.3) is 5.69 Å². The lowest BCUT2D eigenvalue weighted by atomic mass is 10.0. The summed E-state index contributed by atoms with van der Waals surface area (Å²) in [5, 5.41) is 0. The Morgan fingerprint density at radius 3 is 2.56 bits per heavy atom. The number of nitrogens with zero attached hydrogens (tertiary/aromatic N) is 3. The van der Waals surface area contributed by atoms with Crippen LogP contribution in [0, 0.1) is 0 Å². The fourth-order valence-corrected chi connectivity index (χ4v) is 3.05. The molecule has 0 aliphatic carbocycles. The highest BCUT2D eigenvalue weighted by Gasteiger charge is 2.31. The van der Waals surface area contributed by atoms with E-state index in [2.05, 4.69) is 14.6 Å². The van der Waals surface area contributed by atoms with E-state index in [1.165, 1.54) is 18.3 Å². The topological polar surface area (TPSA) is 99.4 Å². The predicted molar refractivity (Wildman–Crippen MR) is 93.4 cm³/mol. The average molecular weight is 383 g/mol. The van der Waals surface area contributed by atoms with Crippen LogP contribution in [-0.2, 0) is 6.54 Å². The van der Waals surface area contributed by atoms with Crippen molar-refractivity contribution in [3.63, 3.8) is 0 Å². The molecule has 1 aromatic heterocycles. The molecule has 0 amide bonds. The second kappa shape index (κ2) is 7.57. The fourth-order valence-electron chi connectivity index (χ4n) is 3.05. The summed E-state index contributed by atoms with van der Waals surface area (Å²) in [6.07, 6.45) is -1.82. The van der Waals surface area contributed by atoms with Gasteiger partial charge in [0.05, 0.1) is 5.69 Å². The molecule has 1 saturated heterocycles. The first kappa shape index (κ1) is 19.2. The zero-order valence-electron chi connectivity index (χ0n) is 14.4. The van der Waals surface area contributed by atoms with Crippen molar-refractivity contribution in [1.29, 1.82) is 0 Å². The third-order valence-corrected chi connectivity index (χ3v) is 4.33. The van der Waals surface area contributed by atoms with Gasteiger partial charge >= 0.3 is 12.1 Å². The summed E-state index contributed by atoms with van der Waals surface area (Å²) in [6, 6.07) is 5.64. The zero-order chi connectivity index (χ0) is 19.6. The number of ether oxygens (including phenoxy) is 1. The Balaban J connectivity index is 1.94. The van der Waals surface area contributed by atoms with Crippen LogP contribution in [0.4, 0.5) is 19.0 Å². The van der Waals surface area contributed by atoms with Gasteiger partial charge in [-0.05, 0) is 49.7 Å². The monoisotopic (exact) mass is 383 g/mol. The van der Waals surface area contributed by atoms with Gasteiger partial charge in [-0.3, -0.25) is 9.47 Å². The third-order valence-electron chi connectivity index (χ3n) is 4.33. The molecule has 1 fully saturated rings. The summed E-state index contributed by atoms with van der Waals surface area (Å²) in [7, 11) is 0. The molecule has 0 unspecified atom stereocenters. The first-order valence-corrected chi connectivity index (χ1v) is 8.43. The number of likely N-dealkylation sites (tertiary alicyclic amines) is 1. The molecule has 2 aromatic rings. The predicted octanol–water partition coefficient (Wildman–Crippen LogP) is 1.64. The van der Waals surface area contributed by atoms with E-state index in [-0.39, 0.29) is 17.5 Å². The van der Waals surface area contributed by atoms with E-state index >= 15 is 0 Å². The van der Waals surface area contributed by atoms with Crippen molar-refractivity contribution < 1.29 is 17.9 Å². The average Bonchev–Trinajstić information content (AvgIpc) is 2.55. The smallest absolute Gasteiger partial charge is 0.406 e. The molecular weight excluding hydrogens is 363 g/mol. The van der Waals surface area contributed by atoms with Gasteiger partial charge in [-0.2, -0.15) is 4.98 Å². The third kappa shape index (κ3) is 5.20. The van der Waals surface area contributed by atoms with Crippen molar-refractivity contribution in [3.8, 4) is 11.4 Å². The zero-order valence-corrected chi connectivity index (χ0v) is 14.4. The van der Waals surface area contributed by atoms with Crippen LogP contribution in [0.3, 0.4) is 0 Å². The van der Waals surface area contributed by atoms with Crippen LogP contribution < -0.4 is 21.9 Å². The maximum Gasteiger partial charge on any atom is 0.573 e. The fraction of sp³-hybridized carbons (Fsp3) is 0.412. The molecule has 0 radical (unpaired) electrons. The minimum atomic E-state index is -4.84. The SMILES string of the molecule is Nc1ccn(-c2cc(CN3CCC(N)CC3)cc(OC(F)(F)F)c2)c(=O)n1. The van der Waals surface area contributed by atoms with E-state index in [1.807, 2.05) is 0 Å². The van der Waals surface area contributed by atoms with Crippen LogP contribution in [0.1, 0.15) is 18.4 Å². The molecule has 0 spiro atoms. The van der Waals surface area contributed by atoms with Gasteiger partial charge in [0.25, 0.3) is 0 Å². The lowest BCUT2D eigenvalue weighted by Crippen LogP contribution is -2.39. The van der Waals surface area contributed by atoms with Crippen molar-refractivity contribution in [1.82, 2.24) is 14.5 Å². The maximum absolute atomic E-state index is 12.7. The van der Waals surface area contributed by atoms with Crippen molar-refractivity contribution >= 4 is 5.82 Å². The minimum absolute atomic E-state index is 0.0313. The summed E-state index contributed by atoms with van der Waals surface area (Å²) in [5.74, 6) is -0.365. The Morgan fingerprint density at radius 2 is 1.93 bits per heavy atom. The molecule has 3 rings (SSSR count). The molecule has 0 bridgehead atoms. The number of hydrogen-bond acceptors (Lipinski definition) is 6. The van der Waals surface area contributed by atoms with Crippen LogP contribution >= 0.6 is 0 Å². The van der Waals surface area contributed by atoms with Crippen molar-refractivity contribution in [2.45, 2.75) is 31.8 Å². The Bertz CT molecular complexity index is 860. The van der Waals surface area contributed by atoms with Gasteiger partial charge in [0.1, 0.15) is 11.6 Å². The van der Waals surface area contributed by atoms with E-state index in [1.54, 1.807) is 6.07 Å². The van der Waals surface area contributed by atoms with E-state index in [0.29, 0.717) is 12.1 Å². The number of hydrogen-bond donors (Lipinski definition) is 2. The number of nitrogens with two attached hydrogens (primary N) is 2. The summed E-state index contributed by atoms with van der Waals surface area (Å²) in [6.45, 7) is 1.93. The molecule has 146 valence electrons. The number of rotatable bonds is 4. The second-order valence-corrected chi connectivity index (χ2v) is 6.50. The molecule has 1 aliphatic heterocycles. The number of aromatic nitrogens is 2. The number of piperidine rings is 1.